The Balaban J connectivity index is 1.05. The third-order valence-electron chi connectivity index (χ3n) is 12.0. The molecule has 5 N–H and O–H groups in total. The second-order valence-corrected chi connectivity index (χ2v) is 16.3. The Morgan fingerprint density at radius 2 is 1.17 bits per heavy atom. The monoisotopic (exact) mass is 880 g/mol. The molecule has 4 aromatic carbocycles. The number of methoxy groups -OCH3 is 2. The number of hydrogen-bond acceptors (Lipinski definition) is 10. The van der Waals surface area contributed by atoms with Crippen molar-refractivity contribution >= 4 is 17.7 Å². The average Bonchev–Trinajstić information content (AvgIpc) is 4.19. The highest BCUT2D eigenvalue weighted by Gasteiger charge is 2.37. The molecular weight excluding hydrogens is 825 g/mol. The summed E-state index contributed by atoms with van der Waals surface area (Å²) in [5, 5.41) is 2.85. The molecule has 4 atom stereocenters. The molecule has 2 fully saturated rings. The Morgan fingerprint density at radius 3 is 1.75 bits per heavy atom. The number of nitrogens with one attached hydrogen (secondary N) is 3. The zero-order valence-electron chi connectivity index (χ0n) is 37.0. The molecule has 2 aliphatic heterocycles. The van der Waals surface area contributed by atoms with E-state index in [9.17, 15) is 14.4 Å². The first-order valence-corrected chi connectivity index (χ1v) is 22.1. The van der Waals surface area contributed by atoms with Gasteiger partial charge in [-0.3, -0.25) is 14.4 Å². The number of amides is 3. The first-order chi connectivity index (χ1) is 31.7. The highest BCUT2D eigenvalue weighted by molar-refractivity contribution is 5.89. The fourth-order valence-electron chi connectivity index (χ4n) is 8.78. The van der Waals surface area contributed by atoms with E-state index < -0.39 is 12.1 Å². The molecule has 0 bridgehead atoms. The Bertz CT molecular complexity index is 2550. The minimum Gasteiger partial charge on any atom is -0.487 e. The van der Waals surface area contributed by atoms with Crippen LogP contribution in [0.3, 0.4) is 0 Å². The van der Waals surface area contributed by atoms with Gasteiger partial charge >= 0.3 is 0 Å². The summed E-state index contributed by atoms with van der Waals surface area (Å²) in [6, 6.07) is 28.7. The molecule has 0 aliphatic carbocycles. The summed E-state index contributed by atoms with van der Waals surface area (Å²) >= 11 is 0. The number of nitrogens with zero attached hydrogens (tertiary/aromatic N) is 4. The van der Waals surface area contributed by atoms with Crippen molar-refractivity contribution in [2.75, 3.05) is 53.7 Å². The van der Waals surface area contributed by atoms with Crippen molar-refractivity contribution in [2.45, 2.75) is 56.8 Å². The van der Waals surface area contributed by atoms with Crippen LogP contribution in [0.2, 0.25) is 0 Å². The second-order valence-electron chi connectivity index (χ2n) is 16.3. The lowest BCUT2D eigenvalue weighted by Gasteiger charge is -2.28. The summed E-state index contributed by atoms with van der Waals surface area (Å²) < 4.78 is 23.7. The maximum atomic E-state index is 14.0. The minimum atomic E-state index is -0.790. The molecule has 0 spiro atoms. The summed E-state index contributed by atoms with van der Waals surface area (Å²) in [4.78, 5) is 60.1. The van der Waals surface area contributed by atoms with Gasteiger partial charge in [-0.15, -0.1) is 0 Å². The fourth-order valence-corrected chi connectivity index (χ4v) is 8.78. The molecule has 0 unspecified atom stereocenters. The van der Waals surface area contributed by atoms with Crippen LogP contribution in [-0.2, 0) is 23.9 Å². The van der Waals surface area contributed by atoms with Gasteiger partial charge in [0.1, 0.15) is 36.9 Å². The van der Waals surface area contributed by atoms with Crippen molar-refractivity contribution in [2.24, 2.45) is 5.73 Å². The Morgan fingerprint density at radius 1 is 0.662 bits per heavy atom. The number of aromatic nitrogens is 4. The standard InChI is InChI=1S/C50H56N8O7/c1-32(59)54-44(36-14-8-5-9-15-36)50(61)58-25-11-17-42(58)47-52-30-39(55-47)34-20-18-33(19-21-34)37-22-23-38(46(65-29-27-63-3)45(37)64-28-26-62-2)40-31-53-48(56-40)41-16-10-24-57(41)49(60)43(51)35-12-6-4-7-13-35/h4-9,12-15,18-23,30-31,41-44H,10-11,16-17,24-29,51H2,1-3H3,(H,52,55)(H,53,56)(H,54,59)/t41-,42-,43+,44+/m0/s1. The number of benzene rings is 4. The quantitative estimate of drug-likeness (QED) is 0.0649. The van der Waals surface area contributed by atoms with E-state index in [1.807, 2.05) is 107 Å². The highest BCUT2D eigenvalue weighted by Crippen LogP contribution is 2.46. The molecule has 15 heteroatoms. The third kappa shape index (κ3) is 9.97. The molecule has 3 amide bonds. The summed E-state index contributed by atoms with van der Waals surface area (Å²) in [7, 11) is 3.25. The van der Waals surface area contributed by atoms with Crippen LogP contribution in [0.4, 0.5) is 0 Å². The fraction of sp³-hybridized carbons (Fsp3) is 0.340. The number of hydrogen-bond donors (Lipinski definition) is 4. The van der Waals surface area contributed by atoms with Crippen molar-refractivity contribution in [3.8, 4) is 45.1 Å². The van der Waals surface area contributed by atoms with Gasteiger partial charge in [0.25, 0.3) is 0 Å². The van der Waals surface area contributed by atoms with Crippen molar-refractivity contribution in [3.05, 3.63) is 132 Å². The third-order valence-corrected chi connectivity index (χ3v) is 12.0. The van der Waals surface area contributed by atoms with Gasteiger partial charge in [0.2, 0.25) is 17.7 Å². The molecule has 8 rings (SSSR count). The molecule has 2 saturated heterocycles. The molecule has 2 aromatic heterocycles. The Kier molecular flexibility index (Phi) is 14.3. The van der Waals surface area contributed by atoms with E-state index in [-0.39, 0.29) is 43.0 Å². The lowest BCUT2D eigenvalue weighted by atomic mass is 9.98. The van der Waals surface area contributed by atoms with Crippen LogP contribution >= 0.6 is 0 Å². The van der Waals surface area contributed by atoms with Crippen LogP contribution in [-0.4, -0.2) is 101 Å². The molecule has 15 nitrogen and oxygen atoms in total. The predicted molar refractivity (Wildman–Crippen MR) is 246 cm³/mol. The second kappa shape index (κ2) is 20.8. The van der Waals surface area contributed by atoms with E-state index in [0.29, 0.717) is 55.1 Å². The zero-order valence-corrected chi connectivity index (χ0v) is 37.0. The normalized spacial score (nSPS) is 16.9. The van der Waals surface area contributed by atoms with Crippen molar-refractivity contribution < 1.29 is 33.3 Å². The van der Waals surface area contributed by atoms with Crippen LogP contribution in [0.25, 0.3) is 33.6 Å². The number of H-pyrrole nitrogens is 2. The van der Waals surface area contributed by atoms with Gasteiger partial charge in [0.05, 0.1) is 49.1 Å². The lowest BCUT2D eigenvalue weighted by molar-refractivity contribution is -0.137. The molecule has 338 valence electrons. The van der Waals surface area contributed by atoms with E-state index in [4.69, 9.17) is 34.6 Å². The van der Waals surface area contributed by atoms with Crippen molar-refractivity contribution in [3.63, 3.8) is 0 Å². The number of carbonyl (C=O) groups excluding carboxylic acids is 3. The van der Waals surface area contributed by atoms with Gasteiger partial charge in [0.15, 0.2) is 11.5 Å². The van der Waals surface area contributed by atoms with Gasteiger partial charge < -0.3 is 49.8 Å². The number of rotatable bonds is 18. The largest absolute Gasteiger partial charge is 0.487 e. The summed E-state index contributed by atoms with van der Waals surface area (Å²) in [6.07, 6.45) is 6.72. The van der Waals surface area contributed by atoms with Crippen LogP contribution in [0, 0.1) is 0 Å². The predicted octanol–water partition coefficient (Wildman–Crippen LogP) is 7.09. The summed E-state index contributed by atoms with van der Waals surface area (Å²) in [5.41, 5.74) is 12.8. The minimum absolute atomic E-state index is 0.137. The topological polar surface area (TPSA) is 190 Å². The van der Waals surface area contributed by atoms with E-state index in [2.05, 4.69) is 15.3 Å². The van der Waals surface area contributed by atoms with Crippen molar-refractivity contribution in [1.82, 2.24) is 35.1 Å². The molecular formula is C50H56N8O7. The molecule has 65 heavy (non-hydrogen) atoms. The molecule has 0 saturated carbocycles. The molecule has 2 aliphatic rings. The van der Waals surface area contributed by atoms with Crippen LogP contribution in [0.1, 0.15) is 79.6 Å². The lowest BCUT2D eigenvalue weighted by Crippen LogP contribution is -2.42. The summed E-state index contributed by atoms with van der Waals surface area (Å²) in [5.74, 6) is 1.84. The number of imidazole rings is 2. The maximum Gasteiger partial charge on any atom is 0.250 e. The SMILES string of the molecule is COCCOc1c(-c2ccc(-c3cnc([C@@H]4CCCN4C(=O)[C@H](NC(C)=O)c4ccccc4)[nH]3)cc2)ccc(-c2cnc([C@@H]3CCCN3C(=O)[C@H](N)c3ccccc3)[nH]2)c1OCCOC. The van der Waals surface area contributed by atoms with E-state index in [1.54, 1.807) is 26.6 Å². The highest BCUT2D eigenvalue weighted by atomic mass is 16.5. The van der Waals surface area contributed by atoms with E-state index in [0.717, 1.165) is 64.8 Å². The van der Waals surface area contributed by atoms with Gasteiger partial charge in [-0.1, -0.05) is 84.9 Å². The van der Waals surface area contributed by atoms with Crippen molar-refractivity contribution in [1.29, 1.82) is 0 Å². The zero-order chi connectivity index (χ0) is 45.3. The Hall–Kier alpha value is -6.81. The number of ether oxygens (including phenoxy) is 4. The first kappa shape index (κ1) is 44.8. The first-order valence-electron chi connectivity index (χ1n) is 22.1. The number of nitrogens with two attached hydrogens (primary N) is 1. The number of aromatic amines is 2. The van der Waals surface area contributed by atoms with Gasteiger partial charge in [-0.2, -0.15) is 0 Å². The van der Waals surface area contributed by atoms with Gasteiger partial charge in [-0.25, -0.2) is 9.97 Å². The van der Waals surface area contributed by atoms with Gasteiger partial charge in [-0.05, 0) is 60.1 Å². The van der Waals surface area contributed by atoms with Crippen LogP contribution in [0.5, 0.6) is 11.5 Å². The smallest absolute Gasteiger partial charge is 0.250 e. The number of carbonyl (C=O) groups is 3. The maximum absolute atomic E-state index is 14.0. The molecule has 0 radical (unpaired) electrons. The van der Waals surface area contributed by atoms with E-state index >= 15 is 0 Å². The average molecular weight is 881 g/mol. The Labute approximate surface area is 378 Å². The van der Waals surface area contributed by atoms with Gasteiger partial charge in [0, 0.05) is 45.4 Å². The summed E-state index contributed by atoms with van der Waals surface area (Å²) in [6.45, 7) is 3.83. The molecule has 6 aromatic rings. The van der Waals surface area contributed by atoms with E-state index in [1.165, 1.54) is 6.92 Å². The number of likely N-dealkylation sites (tertiary alicyclic amines) is 2. The van der Waals surface area contributed by atoms with Crippen LogP contribution in [0.15, 0.2) is 109 Å². The van der Waals surface area contributed by atoms with Crippen LogP contribution < -0.4 is 20.5 Å². The molecule has 4 heterocycles.